The largest absolute Gasteiger partial charge is 0.348 e. The second-order valence-electron chi connectivity index (χ2n) is 6.60. The number of nitrogens with one attached hydrogen (secondary N) is 2. The van der Waals surface area contributed by atoms with Gasteiger partial charge in [0.1, 0.15) is 5.69 Å². The molecule has 1 aromatic carbocycles. The molecular weight excluding hydrogens is 328 g/mol. The fourth-order valence-corrected chi connectivity index (χ4v) is 3.09. The second-order valence-corrected chi connectivity index (χ2v) is 6.60. The summed E-state index contributed by atoms with van der Waals surface area (Å²) in [6.45, 7) is 3.81. The monoisotopic (exact) mass is 352 g/mol. The molecule has 26 heavy (non-hydrogen) atoms. The van der Waals surface area contributed by atoms with Crippen molar-refractivity contribution in [1.82, 2.24) is 15.2 Å². The summed E-state index contributed by atoms with van der Waals surface area (Å²) in [6.07, 6.45) is 1.66. The minimum atomic E-state index is -0.131. The first-order valence-corrected chi connectivity index (χ1v) is 8.92. The number of aromatic nitrogens is 1. The number of likely N-dealkylation sites (tertiary alicyclic amines) is 1. The molecule has 6 nitrogen and oxygen atoms in total. The van der Waals surface area contributed by atoms with Crippen LogP contribution in [-0.4, -0.2) is 47.4 Å². The highest BCUT2D eigenvalue weighted by Gasteiger charge is 2.22. The van der Waals surface area contributed by atoms with Crippen LogP contribution in [0.5, 0.6) is 0 Å². The molecule has 2 N–H and O–H groups in total. The van der Waals surface area contributed by atoms with Crippen molar-refractivity contribution in [2.75, 3.05) is 25.0 Å². The summed E-state index contributed by atoms with van der Waals surface area (Å²) in [5, 5.41) is 5.95. The molecule has 1 aliphatic rings. The number of para-hydroxylation sites is 1. The Morgan fingerprint density at radius 1 is 1.08 bits per heavy atom. The van der Waals surface area contributed by atoms with Crippen molar-refractivity contribution in [3.8, 4) is 0 Å². The zero-order valence-electron chi connectivity index (χ0n) is 14.9. The van der Waals surface area contributed by atoms with E-state index in [0.29, 0.717) is 12.2 Å². The fraction of sp³-hybridized carbons (Fsp3) is 0.350. The van der Waals surface area contributed by atoms with Gasteiger partial charge < -0.3 is 10.6 Å². The molecule has 0 aliphatic carbocycles. The fourth-order valence-electron chi connectivity index (χ4n) is 3.09. The number of rotatable bonds is 5. The van der Waals surface area contributed by atoms with Crippen molar-refractivity contribution < 1.29 is 9.59 Å². The Labute approximate surface area is 153 Å². The van der Waals surface area contributed by atoms with E-state index < -0.39 is 0 Å². The predicted octanol–water partition coefficient (Wildman–Crippen LogP) is 2.22. The van der Waals surface area contributed by atoms with Gasteiger partial charge in [0.25, 0.3) is 5.91 Å². The molecule has 0 atom stereocenters. The molecule has 0 spiro atoms. The maximum Gasteiger partial charge on any atom is 0.270 e. The molecule has 136 valence electrons. The SMILES string of the molecule is Cc1cccc(C(=O)NC2CCN(CC(=O)Nc3ccccc3)CC2)n1. The van der Waals surface area contributed by atoms with Gasteiger partial charge in [0, 0.05) is 30.5 Å². The number of hydrogen-bond donors (Lipinski definition) is 2. The summed E-state index contributed by atoms with van der Waals surface area (Å²) in [5.74, 6) is -0.142. The van der Waals surface area contributed by atoms with Crippen molar-refractivity contribution in [3.63, 3.8) is 0 Å². The van der Waals surface area contributed by atoms with E-state index in [0.717, 1.165) is 37.3 Å². The molecule has 2 aromatic rings. The number of aryl methyl sites for hydroxylation is 1. The van der Waals surface area contributed by atoms with Gasteiger partial charge in [0.05, 0.1) is 6.54 Å². The van der Waals surface area contributed by atoms with Gasteiger partial charge in [0.2, 0.25) is 5.91 Å². The summed E-state index contributed by atoms with van der Waals surface area (Å²) in [4.78, 5) is 30.8. The molecule has 1 fully saturated rings. The molecular formula is C20H24N4O2. The average molecular weight is 352 g/mol. The first-order valence-electron chi connectivity index (χ1n) is 8.92. The van der Waals surface area contributed by atoms with Gasteiger partial charge in [-0.1, -0.05) is 24.3 Å². The van der Waals surface area contributed by atoms with Gasteiger partial charge in [0.15, 0.2) is 0 Å². The Hall–Kier alpha value is -2.73. The number of piperidine rings is 1. The van der Waals surface area contributed by atoms with Gasteiger partial charge in [-0.15, -0.1) is 0 Å². The van der Waals surface area contributed by atoms with Crippen molar-refractivity contribution in [2.45, 2.75) is 25.8 Å². The first kappa shape index (κ1) is 18.1. The number of pyridine rings is 1. The van der Waals surface area contributed by atoms with Crippen molar-refractivity contribution in [2.24, 2.45) is 0 Å². The first-order chi connectivity index (χ1) is 12.6. The Balaban J connectivity index is 1.42. The zero-order valence-corrected chi connectivity index (χ0v) is 14.9. The molecule has 0 bridgehead atoms. The van der Waals surface area contributed by atoms with Gasteiger partial charge in [-0.3, -0.25) is 14.5 Å². The molecule has 1 aromatic heterocycles. The Kier molecular flexibility index (Phi) is 5.96. The number of amides is 2. The molecule has 6 heteroatoms. The minimum absolute atomic E-state index is 0.0114. The lowest BCUT2D eigenvalue weighted by Crippen LogP contribution is -2.46. The van der Waals surface area contributed by atoms with Crippen LogP contribution < -0.4 is 10.6 Å². The summed E-state index contributed by atoms with van der Waals surface area (Å²) in [5.41, 5.74) is 2.09. The number of anilines is 1. The number of carbonyl (C=O) groups excluding carboxylic acids is 2. The van der Waals surface area contributed by atoms with E-state index in [2.05, 4.69) is 20.5 Å². The van der Waals surface area contributed by atoms with E-state index in [-0.39, 0.29) is 17.9 Å². The van der Waals surface area contributed by atoms with Gasteiger partial charge >= 0.3 is 0 Å². The van der Waals surface area contributed by atoms with Crippen molar-refractivity contribution >= 4 is 17.5 Å². The van der Waals surface area contributed by atoms with Crippen LogP contribution in [0.3, 0.4) is 0 Å². The van der Waals surface area contributed by atoms with Crippen LogP contribution in [-0.2, 0) is 4.79 Å². The average Bonchev–Trinajstić information content (AvgIpc) is 2.64. The summed E-state index contributed by atoms with van der Waals surface area (Å²) in [7, 11) is 0. The van der Waals surface area contributed by atoms with Crippen LogP contribution in [0.4, 0.5) is 5.69 Å². The molecule has 0 saturated carbocycles. The van der Waals surface area contributed by atoms with Crippen molar-refractivity contribution in [3.05, 3.63) is 59.9 Å². The smallest absolute Gasteiger partial charge is 0.270 e. The molecule has 3 rings (SSSR count). The van der Waals surface area contributed by atoms with E-state index >= 15 is 0 Å². The molecule has 0 radical (unpaired) electrons. The number of carbonyl (C=O) groups is 2. The highest BCUT2D eigenvalue weighted by molar-refractivity contribution is 5.93. The van der Waals surface area contributed by atoms with E-state index in [1.54, 1.807) is 6.07 Å². The maximum atomic E-state index is 12.3. The summed E-state index contributed by atoms with van der Waals surface area (Å²) < 4.78 is 0. The molecule has 1 saturated heterocycles. The summed E-state index contributed by atoms with van der Waals surface area (Å²) >= 11 is 0. The minimum Gasteiger partial charge on any atom is -0.348 e. The number of nitrogens with zero attached hydrogens (tertiary/aromatic N) is 2. The lowest BCUT2D eigenvalue weighted by molar-refractivity contribution is -0.117. The van der Waals surface area contributed by atoms with Crippen LogP contribution in [0.1, 0.15) is 29.0 Å². The van der Waals surface area contributed by atoms with E-state index in [1.807, 2.05) is 49.4 Å². The summed E-state index contributed by atoms with van der Waals surface area (Å²) in [6, 6.07) is 15.0. The zero-order chi connectivity index (χ0) is 18.4. The molecule has 1 aliphatic heterocycles. The lowest BCUT2D eigenvalue weighted by atomic mass is 10.0. The second kappa shape index (κ2) is 8.58. The lowest BCUT2D eigenvalue weighted by Gasteiger charge is -2.31. The van der Waals surface area contributed by atoms with E-state index in [4.69, 9.17) is 0 Å². The van der Waals surface area contributed by atoms with Crippen LogP contribution in [0.15, 0.2) is 48.5 Å². The highest BCUT2D eigenvalue weighted by Crippen LogP contribution is 2.12. The third-order valence-electron chi connectivity index (χ3n) is 4.47. The van der Waals surface area contributed by atoms with E-state index in [9.17, 15) is 9.59 Å². The third kappa shape index (κ3) is 5.13. The molecule has 2 heterocycles. The highest BCUT2D eigenvalue weighted by atomic mass is 16.2. The Bertz CT molecular complexity index is 755. The number of benzene rings is 1. The normalized spacial score (nSPS) is 15.4. The van der Waals surface area contributed by atoms with Gasteiger partial charge in [-0.2, -0.15) is 0 Å². The van der Waals surface area contributed by atoms with Crippen LogP contribution in [0.25, 0.3) is 0 Å². The van der Waals surface area contributed by atoms with Gasteiger partial charge in [-0.25, -0.2) is 4.98 Å². The Morgan fingerprint density at radius 3 is 2.50 bits per heavy atom. The topological polar surface area (TPSA) is 74.3 Å². The van der Waals surface area contributed by atoms with Crippen molar-refractivity contribution in [1.29, 1.82) is 0 Å². The van der Waals surface area contributed by atoms with Crippen LogP contribution >= 0.6 is 0 Å². The predicted molar refractivity (Wildman–Crippen MR) is 101 cm³/mol. The molecule has 0 unspecified atom stereocenters. The van der Waals surface area contributed by atoms with Crippen LogP contribution in [0.2, 0.25) is 0 Å². The quantitative estimate of drug-likeness (QED) is 0.865. The third-order valence-corrected chi connectivity index (χ3v) is 4.47. The van der Waals surface area contributed by atoms with Gasteiger partial charge in [-0.05, 0) is 44.0 Å². The molecule has 2 amide bonds. The maximum absolute atomic E-state index is 12.3. The van der Waals surface area contributed by atoms with E-state index in [1.165, 1.54) is 0 Å². The van der Waals surface area contributed by atoms with Crippen LogP contribution in [0, 0.1) is 6.92 Å². The number of hydrogen-bond acceptors (Lipinski definition) is 4. The Morgan fingerprint density at radius 2 is 1.81 bits per heavy atom. The standard InChI is InChI=1S/C20H24N4O2/c1-15-6-5-9-18(21-15)20(26)23-17-10-12-24(13-11-17)14-19(25)22-16-7-3-2-4-8-16/h2-9,17H,10-14H2,1H3,(H,22,25)(H,23,26).